The van der Waals surface area contributed by atoms with Crippen LogP contribution in [0, 0.1) is 10.1 Å². The van der Waals surface area contributed by atoms with Crippen molar-refractivity contribution in [1.82, 2.24) is 9.97 Å². The number of aromatic nitrogens is 2. The van der Waals surface area contributed by atoms with Gasteiger partial charge in [-0.3, -0.25) is 10.1 Å². The first kappa shape index (κ1) is 21.0. The number of nitrogens with zero attached hydrogens (tertiary/aromatic N) is 4. The van der Waals surface area contributed by atoms with Gasteiger partial charge in [0.1, 0.15) is 6.33 Å². The van der Waals surface area contributed by atoms with Crippen molar-refractivity contribution in [3.05, 3.63) is 28.1 Å². The van der Waals surface area contributed by atoms with E-state index < -0.39 is 4.92 Å². The summed E-state index contributed by atoms with van der Waals surface area (Å²) in [6.07, 6.45) is 9.21. The molecule has 0 saturated heterocycles. The summed E-state index contributed by atoms with van der Waals surface area (Å²) in [6.45, 7) is 2.43. The predicted octanol–water partition coefficient (Wildman–Crippen LogP) is 2.79. The van der Waals surface area contributed by atoms with Crippen molar-refractivity contribution in [3.8, 4) is 0 Å². The summed E-state index contributed by atoms with van der Waals surface area (Å²) in [6, 6.07) is 0. The van der Waals surface area contributed by atoms with Gasteiger partial charge in [0.15, 0.2) is 0 Å². The molecule has 0 radical (unpaired) electrons. The molecule has 1 aromatic rings. The Bertz CT molecular complexity index is 630. The highest BCUT2D eigenvalue weighted by Crippen LogP contribution is 2.32. The van der Waals surface area contributed by atoms with Gasteiger partial charge < -0.3 is 19.7 Å². The van der Waals surface area contributed by atoms with E-state index in [-0.39, 0.29) is 17.3 Å². The van der Waals surface area contributed by atoms with Crippen molar-refractivity contribution < 1.29 is 14.4 Å². The van der Waals surface area contributed by atoms with Gasteiger partial charge in [0.25, 0.3) is 0 Å². The van der Waals surface area contributed by atoms with Gasteiger partial charge in [-0.05, 0) is 32.1 Å². The van der Waals surface area contributed by atoms with Crippen LogP contribution in [0.3, 0.4) is 0 Å². The van der Waals surface area contributed by atoms with E-state index in [1.807, 2.05) is 0 Å². The summed E-state index contributed by atoms with van der Waals surface area (Å²) in [7, 11) is 3.19. The fraction of sp³-hybridized carbons (Fsp3) is 0.667. The molecule has 0 spiro atoms. The highest BCUT2D eigenvalue weighted by molar-refractivity contribution is 5.70. The molecule has 0 amide bonds. The van der Waals surface area contributed by atoms with Crippen molar-refractivity contribution >= 4 is 17.3 Å². The van der Waals surface area contributed by atoms with E-state index in [2.05, 4.69) is 21.4 Å². The van der Waals surface area contributed by atoms with Crippen molar-refractivity contribution in [2.75, 3.05) is 57.3 Å². The largest absolute Gasteiger partial charge is 0.383 e. The van der Waals surface area contributed by atoms with Gasteiger partial charge in [-0.15, -0.1) is 0 Å². The Morgan fingerprint density at radius 3 is 2.56 bits per heavy atom. The molecule has 0 saturated carbocycles. The van der Waals surface area contributed by atoms with Gasteiger partial charge in [-0.25, -0.2) is 9.97 Å². The number of anilines is 2. The number of rotatable bonds is 12. The minimum absolute atomic E-state index is 0.109. The van der Waals surface area contributed by atoms with Crippen LogP contribution in [-0.2, 0) is 9.47 Å². The van der Waals surface area contributed by atoms with Crippen molar-refractivity contribution in [2.24, 2.45) is 0 Å². The normalized spacial score (nSPS) is 13.9. The number of allylic oxidation sites excluding steroid dienone is 1. The molecule has 1 aromatic heterocycles. The van der Waals surface area contributed by atoms with E-state index >= 15 is 0 Å². The molecule has 27 heavy (non-hydrogen) atoms. The molecule has 0 bridgehead atoms. The molecule has 0 fully saturated rings. The van der Waals surface area contributed by atoms with Crippen molar-refractivity contribution in [1.29, 1.82) is 0 Å². The average Bonchev–Trinajstić information content (AvgIpc) is 2.68. The molecule has 0 aromatic carbocycles. The molecule has 0 atom stereocenters. The molecule has 1 aliphatic carbocycles. The molecule has 0 aliphatic heterocycles. The Morgan fingerprint density at radius 1 is 1.22 bits per heavy atom. The number of hydrogen-bond acceptors (Lipinski definition) is 8. The molecule has 1 aliphatic rings. The zero-order chi connectivity index (χ0) is 19.5. The topological polar surface area (TPSA) is 103 Å². The van der Waals surface area contributed by atoms with Gasteiger partial charge in [-0.2, -0.15) is 0 Å². The van der Waals surface area contributed by atoms with E-state index in [1.165, 1.54) is 24.7 Å². The summed E-state index contributed by atoms with van der Waals surface area (Å²) in [5.74, 6) is 0.532. The van der Waals surface area contributed by atoms with Gasteiger partial charge >= 0.3 is 5.69 Å². The van der Waals surface area contributed by atoms with Gasteiger partial charge in [0.2, 0.25) is 11.6 Å². The van der Waals surface area contributed by atoms with Crippen LogP contribution < -0.4 is 10.2 Å². The molecule has 0 unspecified atom stereocenters. The highest BCUT2D eigenvalue weighted by Gasteiger charge is 2.26. The first-order valence-electron chi connectivity index (χ1n) is 9.31. The lowest BCUT2D eigenvalue weighted by molar-refractivity contribution is -0.383. The number of hydrogen-bond donors (Lipinski definition) is 1. The maximum atomic E-state index is 11.7. The summed E-state index contributed by atoms with van der Waals surface area (Å²) in [4.78, 5) is 21.4. The summed E-state index contributed by atoms with van der Waals surface area (Å²) in [5, 5.41) is 14.9. The lowest BCUT2D eigenvalue weighted by Gasteiger charge is -2.23. The number of nitrogens with one attached hydrogen (secondary N) is 1. The standard InChI is InChI=1S/C18H29N5O4/c1-26-12-10-22(11-13-27-2)18-16(23(24)25)17(20-14-21-18)19-9-8-15-6-4-3-5-7-15/h6,14H,3-5,7-13H2,1-2H3,(H,19,20,21). The molecular formula is C18H29N5O4. The third kappa shape index (κ3) is 6.44. The third-order valence-corrected chi connectivity index (χ3v) is 4.54. The first-order chi connectivity index (χ1) is 13.2. The minimum Gasteiger partial charge on any atom is -0.383 e. The second-order valence-corrected chi connectivity index (χ2v) is 6.41. The van der Waals surface area contributed by atoms with Crippen LogP contribution in [0.15, 0.2) is 18.0 Å². The maximum Gasteiger partial charge on any atom is 0.353 e. The van der Waals surface area contributed by atoms with Gasteiger partial charge in [0, 0.05) is 33.9 Å². The molecule has 2 rings (SSSR count). The van der Waals surface area contributed by atoms with Crippen LogP contribution in [0.5, 0.6) is 0 Å². The van der Waals surface area contributed by atoms with E-state index in [4.69, 9.17) is 9.47 Å². The van der Waals surface area contributed by atoms with Crippen LogP contribution in [0.4, 0.5) is 17.3 Å². The summed E-state index contributed by atoms with van der Waals surface area (Å²) < 4.78 is 10.2. The summed E-state index contributed by atoms with van der Waals surface area (Å²) >= 11 is 0. The van der Waals surface area contributed by atoms with Crippen molar-refractivity contribution in [2.45, 2.75) is 32.1 Å². The van der Waals surface area contributed by atoms with Crippen LogP contribution in [0.25, 0.3) is 0 Å². The second kappa shape index (κ2) is 11.5. The third-order valence-electron chi connectivity index (χ3n) is 4.54. The van der Waals surface area contributed by atoms with E-state index in [0.29, 0.717) is 32.8 Å². The molecule has 9 heteroatoms. The Labute approximate surface area is 159 Å². The van der Waals surface area contributed by atoms with E-state index in [9.17, 15) is 10.1 Å². The van der Waals surface area contributed by atoms with Gasteiger partial charge in [0.05, 0.1) is 18.1 Å². The number of ether oxygens (including phenoxy) is 2. The molecule has 1 heterocycles. The lowest BCUT2D eigenvalue weighted by atomic mass is 9.97. The van der Waals surface area contributed by atoms with E-state index in [0.717, 1.165) is 19.3 Å². The first-order valence-corrected chi connectivity index (χ1v) is 9.31. The average molecular weight is 379 g/mol. The van der Waals surface area contributed by atoms with Crippen LogP contribution >= 0.6 is 0 Å². The lowest BCUT2D eigenvalue weighted by Crippen LogP contribution is -2.32. The van der Waals surface area contributed by atoms with Crippen molar-refractivity contribution in [3.63, 3.8) is 0 Å². The van der Waals surface area contributed by atoms with Crippen LogP contribution in [-0.4, -0.2) is 62.0 Å². The quantitative estimate of drug-likeness (QED) is 0.336. The number of methoxy groups -OCH3 is 2. The zero-order valence-electron chi connectivity index (χ0n) is 16.1. The maximum absolute atomic E-state index is 11.7. The zero-order valence-corrected chi connectivity index (χ0v) is 16.1. The van der Waals surface area contributed by atoms with Gasteiger partial charge in [-0.1, -0.05) is 11.6 Å². The Morgan fingerprint density at radius 2 is 1.96 bits per heavy atom. The van der Waals surface area contributed by atoms with Crippen LogP contribution in [0.2, 0.25) is 0 Å². The highest BCUT2D eigenvalue weighted by atomic mass is 16.6. The molecular weight excluding hydrogens is 350 g/mol. The fourth-order valence-corrected chi connectivity index (χ4v) is 3.10. The smallest absolute Gasteiger partial charge is 0.353 e. The second-order valence-electron chi connectivity index (χ2n) is 6.41. The predicted molar refractivity (Wildman–Crippen MR) is 104 cm³/mol. The molecule has 150 valence electrons. The minimum atomic E-state index is -0.426. The Balaban J connectivity index is 2.15. The number of nitro groups is 1. The fourth-order valence-electron chi connectivity index (χ4n) is 3.10. The SMILES string of the molecule is COCCN(CCOC)c1ncnc(NCCC2=CCCCC2)c1[N+](=O)[O-]. The monoisotopic (exact) mass is 379 g/mol. The Hall–Kier alpha value is -2.26. The van der Waals surface area contributed by atoms with E-state index in [1.54, 1.807) is 19.1 Å². The molecule has 9 nitrogen and oxygen atoms in total. The van der Waals surface area contributed by atoms with Crippen LogP contribution in [0.1, 0.15) is 32.1 Å². The summed E-state index contributed by atoms with van der Waals surface area (Å²) in [5.41, 5.74) is 1.30. The molecule has 1 N–H and O–H groups in total. The Kier molecular flexibility index (Phi) is 8.93.